The van der Waals surface area contributed by atoms with E-state index in [1.807, 2.05) is 12.1 Å². The van der Waals surface area contributed by atoms with Crippen LogP contribution < -0.4 is 0 Å². The third-order valence-corrected chi connectivity index (χ3v) is 6.05. The first-order chi connectivity index (χ1) is 11.7. The summed E-state index contributed by atoms with van der Waals surface area (Å²) in [5, 5.41) is 0. The van der Waals surface area contributed by atoms with Gasteiger partial charge in [-0.15, -0.1) is 0 Å². The lowest BCUT2D eigenvalue weighted by atomic mass is 9.69. The van der Waals surface area contributed by atoms with Gasteiger partial charge in [-0.2, -0.15) is 0 Å². The summed E-state index contributed by atoms with van der Waals surface area (Å²) >= 11 is 0. The maximum absolute atomic E-state index is 13.2. The Labute approximate surface area is 143 Å². The minimum absolute atomic E-state index is 0.0260. The smallest absolute Gasteiger partial charge is 0.240 e. The number of imide groups is 1. The molecular formula is C20H26N2O2. The molecule has 1 aliphatic carbocycles. The van der Waals surface area contributed by atoms with Gasteiger partial charge < -0.3 is 4.90 Å². The van der Waals surface area contributed by atoms with E-state index in [0.717, 1.165) is 37.8 Å². The van der Waals surface area contributed by atoms with Crippen LogP contribution in [0.3, 0.4) is 0 Å². The zero-order valence-corrected chi connectivity index (χ0v) is 14.3. The van der Waals surface area contributed by atoms with E-state index < -0.39 is 5.41 Å². The Balaban J connectivity index is 1.49. The third-order valence-electron chi connectivity index (χ3n) is 6.05. The first kappa shape index (κ1) is 15.8. The predicted molar refractivity (Wildman–Crippen MR) is 92.7 cm³/mol. The van der Waals surface area contributed by atoms with E-state index >= 15 is 0 Å². The molecule has 2 saturated heterocycles. The van der Waals surface area contributed by atoms with Gasteiger partial charge in [-0.25, -0.2) is 0 Å². The monoisotopic (exact) mass is 326 g/mol. The van der Waals surface area contributed by atoms with Gasteiger partial charge in [0.1, 0.15) is 0 Å². The van der Waals surface area contributed by atoms with Gasteiger partial charge in [-0.3, -0.25) is 14.5 Å². The largest absolute Gasteiger partial charge is 0.303 e. The lowest BCUT2D eigenvalue weighted by Gasteiger charge is -2.33. The Bertz CT molecular complexity index is 651. The summed E-state index contributed by atoms with van der Waals surface area (Å²) in [6.07, 6.45) is 6.66. The van der Waals surface area contributed by atoms with Gasteiger partial charge in [-0.1, -0.05) is 24.3 Å². The van der Waals surface area contributed by atoms with Crippen LogP contribution in [0, 0.1) is 0 Å². The Hall–Kier alpha value is -1.68. The topological polar surface area (TPSA) is 40.6 Å². The van der Waals surface area contributed by atoms with Crippen LogP contribution in [0.5, 0.6) is 0 Å². The molecule has 2 heterocycles. The molecule has 2 fully saturated rings. The number of fused-ring (bicyclic) bond motifs is 2. The van der Waals surface area contributed by atoms with Crippen LogP contribution in [-0.2, 0) is 21.4 Å². The fourth-order valence-corrected chi connectivity index (χ4v) is 4.81. The molecule has 1 spiro atoms. The minimum Gasteiger partial charge on any atom is -0.303 e. The molecule has 0 radical (unpaired) electrons. The van der Waals surface area contributed by atoms with Crippen LogP contribution in [0.15, 0.2) is 24.3 Å². The highest BCUT2D eigenvalue weighted by atomic mass is 16.2. The van der Waals surface area contributed by atoms with E-state index in [1.54, 1.807) is 4.90 Å². The van der Waals surface area contributed by atoms with Gasteiger partial charge in [0.05, 0.1) is 5.41 Å². The molecule has 0 bridgehead atoms. The first-order valence-corrected chi connectivity index (χ1v) is 9.36. The Morgan fingerprint density at radius 2 is 1.79 bits per heavy atom. The summed E-state index contributed by atoms with van der Waals surface area (Å²) in [6, 6.07) is 8.21. The van der Waals surface area contributed by atoms with E-state index in [2.05, 4.69) is 17.0 Å². The number of amides is 2. The average molecular weight is 326 g/mol. The fourth-order valence-electron chi connectivity index (χ4n) is 4.81. The van der Waals surface area contributed by atoms with Crippen LogP contribution in [0.25, 0.3) is 0 Å². The minimum atomic E-state index is -0.570. The second-order valence-corrected chi connectivity index (χ2v) is 7.52. The second-order valence-electron chi connectivity index (χ2n) is 7.52. The average Bonchev–Trinajstić information content (AvgIpc) is 3.18. The maximum Gasteiger partial charge on any atom is 0.240 e. The highest BCUT2D eigenvalue weighted by Gasteiger charge is 2.53. The first-order valence-electron chi connectivity index (χ1n) is 9.36. The zero-order chi connectivity index (χ0) is 16.6. The van der Waals surface area contributed by atoms with E-state index in [0.29, 0.717) is 13.0 Å². The summed E-state index contributed by atoms with van der Waals surface area (Å²) < 4.78 is 0. The van der Waals surface area contributed by atoms with Crippen LogP contribution in [0.2, 0.25) is 0 Å². The molecule has 2 aliphatic heterocycles. The van der Waals surface area contributed by atoms with Gasteiger partial charge in [0, 0.05) is 13.0 Å². The number of aryl methyl sites for hydroxylation is 1. The number of carbonyl (C=O) groups is 2. The summed E-state index contributed by atoms with van der Waals surface area (Å²) in [5.74, 6) is 0.0826. The maximum atomic E-state index is 13.2. The Morgan fingerprint density at radius 1 is 1.00 bits per heavy atom. The molecule has 1 atom stereocenters. The molecule has 1 aromatic carbocycles. The standard InChI is InChI=1S/C20H26N2O2/c23-18-15-20(10-5-8-16-7-1-2-9-17(16)20)19(24)22(18)14-6-13-21-11-3-4-12-21/h1-2,7,9H,3-6,8,10-15H2. The van der Waals surface area contributed by atoms with Crippen molar-refractivity contribution in [1.29, 1.82) is 0 Å². The Morgan fingerprint density at radius 3 is 2.62 bits per heavy atom. The predicted octanol–water partition coefficient (Wildman–Crippen LogP) is 2.51. The van der Waals surface area contributed by atoms with Crippen molar-refractivity contribution in [3.63, 3.8) is 0 Å². The van der Waals surface area contributed by atoms with Crippen molar-refractivity contribution in [2.45, 2.75) is 50.4 Å². The summed E-state index contributed by atoms with van der Waals surface area (Å²) in [4.78, 5) is 29.8. The van der Waals surface area contributed by atoms with Gasteiger partial charge >= 0.3 is 0 Å². The van der Waals surface area contributed by atoms with Crippen molar-refractivity contribution in [1.82, 2.24) is 9.80 Å². The lowest BCUT2D eigenvalue weighted by Crippen LogP contribution is -2.41. The third kappa shape index (κ3) is 2.57. The van der Waals surface area contributed by atoms with E-state index in [1.165, 1.54) is 31.5 Å². The molecule has 4 rings (SSSR count). The number of likely N-dealkylation sites (tertiary alicyclic amines) is 2. The lowest BCUT2D eigenvalue weighted by molar-refractivity contribution is -0.140. The zero-order valence-electron chi connectivity index (χ0n) is 14.3. The van der Waals surface area contributed by atoms with Gasteiger partial charge in [0.2, 0.25) is 11.8 Å². The Kier molecular flexibility index (Phi) is 4.17. The molecular weight excluding hydrogens is 300 g/mol. The van der Waals surface area contributed by atoms with Gasteiger partial charge in [0.15, 0.2) is 0 Å². The van der Waals surface area contributed by atoms with Crippen LogP contribution >= 0.6 is 0 Å². The fraction of sp³-hybridized carbons (Fsp3) is 0.600. The second kappa shape index (κ2) is 6.32. The van der Waals surface area contributed by atoms with Crippen LogP contribution in [0.1, 0.15) is 49.7 Å². The number of nitrogens with zero attached hydrogens (tertiary/aromatic N) is 2. The summed E-state index contributed by atoms with van der Waals surface area (Å²) in [5.41, 5.74) is 1.79. The molecule has 0 N–H and O–H groups in total. The number of hydrogen-bond donors (Lipinski definition) is 0. The molecule has 128 valence electrons. The van der Waals surface area contributed by atoms with Crippen molar-refractivity contribution in [3.8, 4) is 0 Å². The van der Waals surface area contributed by atoms with Crippen molar-refractivity contribution >= 4 is 11.8 Å². The molecule has 4 heteroatoms. The van der Waals surface area contributed by atoms with Gasteiger partial charge in [-0.05, 0) is 69.3 Å². The van der Waals surface area contributed by atoms with Crippen molar-refractivity contribution in [2.24, 2.45) is 0 Å². The number of benzene rings is 1. The van der Waals surface area contributed by atoms with E-state index in [-0.39, 0.29) is 11.8 Å². The SMILES string of the molecule is O=C1CC2(CCCc3ccccc32)C(=O)N1CCCN1CCCC1. The summed E-state index contributed by atoms with van der Waals surface area (Å²) in [7, 11) is 0. The van der Waals surface area contributed by atoms with Crippen molar-refractivity contribution in [2.75, 3.05) is 26.2 Å². The molecule has 2 amide bonds. The normalized spacial score (nSPS) is 27.2. The van der Waals surface area contributed by atoms with Gasteiger partial charge in [0.25, 0.3) is 0 Å². The van der Waals surface area contributed by atoms with Crippen molar-refractivity contribution < 1.29 is 9.59 Å². The molecule has 0 saturated carbocycles. The molecule has 24 heavy (non-hydrogen) atoms. The van der Waals surface area contributed by atoms with Crippen LogP contribution in [-0.4, -0.2) is 47.8 Å². The highest BCUT2D eigenvalue weighted by Crippen LogP contribution is 2.45. The molecule has 3 aliphatic rings. The quantitative estimate of drug-likeness (QED) is 0.798. The van der Waals surface area contributed by atoms with Crippen molar-refractivity contribution in [3.05, 3.63) is 35.4 Å². The summed E-state index contributed by atoms with van der Waals surface area (Å²) in [6.45, 7) is 3.91. The van der Waals surface area contributed by atoms with Crippen LogP contribution in [0.4, 0.5) is 0 Å². The van der Waals surface area contributed by atoms with E-state index in [9.17, 15) is 9.59 Å². The molecule has 4 nitrogen and oxygen atoms in total. The molecule has 0 aromatic heterocycles. The number of hydrogen-bond acceptors (Lipinski definition) is 3. The number of carbonyl (C=O) groups excluding carboxylic acids is 2. The molecule has 1 aromatic rings. The van der Waals surface area contributed by atoms with E-state index in [4.69, 9.17) is 0 Å². The highest BCUT2D eigenvalue weighted by molar-refractivity contribution is 6.09. The molecule has 1 unspecified atom stereocenters. The number of rotatable bonds is 4.